The molecule has 0 bridgehead atoms. The van der Waals surface area contributed by atoms with Crippen molar-refractivity contribution in [2.24, 2.45) is 0 Å². The van der Waals surface area contributed by atoms with E-state index in [0.717, 1.165) is 11.8 Å². The van der Waals surface area contributed by atoms with Gasteiger partial charge in [-0.15, -0.1) is 0 Å². The van der Waals surface area contributed by atoms with E-state index in [-0.39, 0.29) is 11.4 Å². The fourth-order valence-corrected chi connectivity index (χ4v) is 2.58. The average Bonchev–Trinajstić information content (AvgIpc) is 2.86. The lowest BCUT2D eigenvalue weighted by Crippen LogP contribution is -2.44. The zero-order chi connectivity index (χ0) is 14.7. The summed E-state index contributed by atoms with van der Waals surface area (Å²) in [6, 6.07) is 1.60. The number of aromatic nitrogens is 3. The fraction of sp³-hybridized carbons (Fsp3) is 0.417. The van der Waals surface area contributed by atoms with Crippen LogP contribution in [0.4, 0.5) is 18.9 Å². The summed E-state index contributed by atoms with van der Waals surface area (Å²) in [6.45, 7) is 2.29. The Morgan fingerprint density at radius 2 is 2.15 bits per heavy atom. The summed E-state index contributed by atoms with van der Waals surface area (Å²) in [5, 5.41) is 4.07. The van der Waals surface area contributed by atoms with E-state index >= 15 is 0 Å². The number of amides is 1. The lowest BCUT2D eigenvalue weighted by molar-refractivity contribution is -0.181. The molecule has 0 N–H and O–H groups in total. The molecule has 0 saturated carbocycles. The molecule has 1 aliphatic rings. The van der Waals surface area contributed by atoms with Crippen molar-refractivity contribution < 1.29 is 18.0 Å². The van der Waals surface area contributed by atoms with Gasteiger partial charge in [0.2, 0.25) is 6.41 Å². The minimum Gasteiger partial charge on any atom is -0.311 e. The largest absolute Gasteiger partial charge is 0.401 e. The van der Waals surface area contributed by atoms with Crippen LogP contribution in [0.2, 0.25) is 0 Å². The van der Waals surface area contributed by atoms with E-state index in [9.17, 15) is 18.0 Å². The highest BCUT2D eigenvalue weighted by Gasteiger charge is 2.59. The average molecular weight is 284 g/mol. The van der Waals surface area contributed by atoms with Crippen molar-refractivity contribution >= 4 is 17.7 Å². The summed E-state index contributed by atoms with van der Waals surface area (Å²) in [4.78, 5) is 16.1. The molecule has 3 heterocycles. The first-order chi connectivity index (χ1) is 9.28. The zero-order valence-corrected chi connectivity index (χ0v) is 10.8. The van der Waals surface area contributed by atoms with E-state index in [4.69, 9.17) is 0 Å². The number of carbonyl (C=O) groups excluding carboxylic acids is 1. The number of fused-ring (bicyclic) bond motifs is 3. The Labute approximate surface area is 112 Å². The van der Waals surface area contributed by atoms with Crippen molar-refractivity contribution in [3.63, 3.8) is 0 Å². The molecule has 0 radical (unpaired) electrons. The van der Waals surface area contributed by atoms with E-state index in [1.54, 1.807) is 13.0 Å². The standard InChI is InChI=1S/C12H11F3N4O/c1-7-3-9-16-4-8-10(19(9)17-7)11(2,12(13,14)15)5-18(8)6-20/h3-4,6H,5H2,1-2H3. The van der Waals surface area contributed by atoms with Gasteiger partial charge in [0, 0.05) is 12.6 Å². The maximum absolute atomic E-state index is 13.5. The van der Waals surface area contributed by atoms with Crippen molar-refractivity contribution in [1.82, 2.24) is 14.6 Å². The third-order valence-corrected chi connectivity index (χ3v) is 3.66. The topological polar surface area (TPSA) is 50.5 Å². The Morgan fingerprint density at radius 1 is 1.45 bits per heavy atom. The first-order valence-electron chi connectivity index (χ1n) is 5.92. The van der Waals surface area contributed by atoms with Crippen LogP contribution < -0.4 is 4.90 Å². The second kappa shape index (κ2) is 3.71. The number of hydrogen-bond donors (Lipinski definition) is 0. The van der Waals surface area contributed by atoms with Gasteiger partial charge in [0.1, 0.15) is 5.41 Å². The molecule has 20 heavy (non-hydrogen) atoms. The lowest BCUT2D eigenvalue weighted by atomic mass is 9.88. The Bertz CT molecular complexity index is 709. The van der Waals surface area contributed by atoms with Crippen molar-refractivity contribution in [2.45, 2.75) is 25.4 Å². The number of anilines is 1. The molecule has 2 aromatic heterocycles. The maximum atomic E-state index is 13.5. The van der Waals surface area contributed by atoms with Gasteiger partial charge >= 0.3 is 6.18 Å². The minimum atomic E-state index is -4.49. The third kappa shape index (κ3) is 1.47. The summed E-state index contributed by atoms with van der Waals surface area (Å²) in [5.74, 6) is 0. The van der Waals surface area contributed by atoms with Gasteiger partial charge in [-0.05, 0) is 13.8 Å². The Kier molecular flexibility index (Phi) is 2.39. The molecule has 106 valence electrons. The number of hydrogen-bond acceptors (Lipinski definition) is 3. The van der Waals surface area contributed by atoms with Crippen molar-refractivity contribution in [3.8, 4) is 0 Å². The van der Waals surface area contributed by atoms with Gasteiger partial charge in [-0.2, -0.15) is 18.3 Å². The number of rotatable bonds is 1. The smallest absolute Gasteiger partial charge is 0.311 e. The second-order valence-corrected chi connectivity index (χ2v) is 5.11. The van der Waals surface area contributed by atoms with Gasteiger partial charge < -0.3 is 4.90 Å². The number of carbonyl (C=O) groups is 1. The van der Waals surface area contributed by atoms with Crippen LogP contribution in [-0.4, -0.2) is 33.7 Å². The molecule has 1 unspecified atom stereocenters. The predicted molar refractivity (Wildman–Crippen MR) is 64.5 cm³/mol. The first kappa shape index (κ1) is 12.9. The minimum absolute atomic E-state index is 0.0461. The third-order valence-electron chi connectivity index (χ3n) is 3.66. The highest BCUT2D eigenvalue weighted by atomic mass is 19.4. The predicted octanol–water partition coefficient (Wildman–Crippen LogP) is 1.83. The number of aryl methyl sites for hydroxylation is 1. The molecule has 2 aromatic rings. The lowest BCUT2D eigenvalue weighted by Gasteiger charge is -2.27. The van der Waals surface area contributed by atoms with Crippen LogP contribution in [0.3, 0.4) is 0 Å². The summed E-state index contributed by atoms with van der Waals surface area (Å²) in [7, 11) is 0. The van der Waals surface area contributed by atoms with Crippen molar-refractivity contribution in [3.05, 3.63) is 23.7 Å². The van der Waals surface area contributed by atoms with Crippen molar-refractivity contribution in [1.29, 1.82) is 0 Å². The van der Waals surface area contributed by atoms with E-state index in [1.165, 1.54) is 10.7 Å². The molecule has 3 rings (SSSR count). The number of alkyl halides is 3. The molecule has 0 fully saturated rings. The Morgan fingerprint density at radius 3 is 2.75 bits per heavy atom. The van der Waals surface area contributed by atoms with Crippen LogP contribution >= 0.6 is 0 Å². The van der Waals surface area contributed by atoms with Gasteiger partial charge in [-0.25, -0.2) is 9.50 Å². The van der Waals surface area contributed by atoms with Crippen molar-refractivity contribution in [2.75, 3.05) is 11.4 Å². The monoisotopic (exact) mass is 284 g/mol. The molecule has 8 heteroatoms. The Hall–Kier alpha value is -2.12. The molecule has 1 atom stereocenters. The maximum Gasteiger partial charge on any atom is 0.401 e. The van der Waals surface area contributed by atoms with E-state index in [2.05, 4.69) is 10.1 Å². The number of nitrogens with zero attached hydrogens (tertiary/aromatic N) is 4. The highest BCUT2D eigenvalue weighted by Crippen LogP contribution is 2.49. The molecule has 5 nitrogen and oxygen atoms in total. The molecule has 1 amide bonds. The second-order valence-electron chi connectivity index (χ2n) is 5.11. The van der Waals surface area contributed by atoms with Crippen LogP contribution in [-0.2, 0) is 10.2 Å². The normalized spacial score (nSPS) is 22.4. The van der Waals surface area contributed by atoms with Crippen LogP contribution in [0, 0.1) is 6.92 Å². The van der Waals surface area contributed by atoms with Crippen LogP contribution in [0.1, 0.15) is 18.3 Å². The van der Waals surface area contributed by atoms with Crippen LogP contribution in [0.15, 0.2) is 12.3 Å². The van der Waals surface area contributed by atoms with Crippen LogP contribution in [0.25, 0.3) is 5.65 Å². The summed E-state index contributed by atoms with van der Waals surface area (Å²) in [5.41, 5.74) is -1.15. The molecule has 0 spiro atoms. The van der Waals surface area contributed by atoms with Gasteiger partial charge in [0.25, 0.3) is 0 Å². The quantitative estimate of drug-likeness (QED) is 0.751. The number of halogens is 3. The first-order valence-corrected chi connectivity index (χ1v) is 5.92. The molecule has 0 aromatic carbocycles. The SMILES string of the molecule is Cc1cc2ncc3c(n2n1)C(C)(C(F)(F)F)CN3C=O. The fourth-order valence-electron chi connectivity index (χ4n) is 2.58. The van der Waals surface area contributed by atoms with Gasteiger partial charge in [-0.1, -0.05) is 0 Å². The molecule has 1 aliphatic heterocycles. The molecular formula is C12H11F3N4O. The van der Waals surface area contributed by atoms with E-state index in [0.29, 0.717) is 17.8 Å². The van der Waals surface area contributed by atoms with Crippen LogP contribution in [0.5, 0.6) is 0 Å². The highest BCUT2D eigenvalue weighted by molar-refractivity contribution is 5.81. The zero-order valence-electron chi connectivity index (χ0n) is 10.8. The van der Waals surface area contributed by atoms with E-state index < -0.39 is 18.1 Å². The summed E-state index contributed by atoms with van der Waals surface area (Å²) >= 11 is 0. The van der Waals surface area contributed by atoms with Gasteiger partial charge in [0.05, 0.1) is 23.3 Å². The summed E-state index contributed by atoms with van der Waals surface area (Å²) < 4.78 is 41.6. The molecule has 0 saturated heterocycles. The molecular weight excluding hydrogens is 273 g/mol. The Balaban J connectivity index is 2.38. The van der Waals surface area contributed by atoms with Gasteiger partial charge in [0.15, 0.2) is 5.65 Å². The van der Waals surface area contributed by atoms with Gasteiger partial charge in [-0.3, -0.25) is 4.79 Å². The van der Waals surface area contributed by atoms with E-state index in [1.807, 2.05) is 0 Å². The molecule has 0 aliphatic carbocycles. The summed E-state index contributed by atoms with van der Waals surface area (Å²) in [6.07, 6.45) is -2.81.